The molecule has 5 N–H and O–H groups in total. The van der Waals surface area contributed by atoms with Crippen molar-refractivity contribution in [1.82, 2.24) is 14.3 Å². The molecule has 0 radical (unpaired) electrons. The minimum absolute atomic E-state index is 0.0596. The normalized spacial score (nSPS) is 24.3. The van der Waals surface area contributed by atoms with Crippen molar-refractivity contribution in [2.75, 3.05) is 6.61 Å². The van der Waals surface area contributed by atoms with E-state index in [1.54, 1.807) is 0 Å². The lowest BCUT2D eigenvalue weighted by atomic mass is 10.1. The van der Waals surface area contributed by atoms with Crippen LogP contribution in [-0.4, -0.2) is 64.1 Å². The highest BCUT2D eigenvalue weighted by Crippen LogP contribution is 2.57. The van der Waals surface area contributed by atoms with Crippen LogP contribution in [0.3, 0.4) is 0 Å². The summed E-state index contributed by atoms with van der Waals surface area (Å²) in [6, 6.07) is 4.51. The van der Waals surface area contributed by atoms with Crippen LogP contribution in [0.4, 0.5) is 4.39 Å². The molecular formula is C17H18FN3O13P2. The Labute approximate surface area is 198 Å². The van der Waals surface area contributed by atoms with Crippen molar-refractivity contribution >= 4 is 26.6 Å². The van der Waals surface area contributed by atoms with Gasteiger partial charge in [0.15, 0.2) is 11.8 Å². The second kappa shape index (κ2) is 9.72. The lowest BCUT2D eigenvalue weighted by Gasteiger charge is -2.19. The quantitative estimate of drug-likeness (QED) is 0.215. The Morgan fingerprint density at radius 2 is 1.83 bits per heavy atom. The molecular weight excluding hydrogens is 535 g/mol. The Hall–Kier alpha value is -2.56. The van der Waals surface area contributed by atoms with Gasteiger partial charge in [-0.25, -0.2) is 18.3 Å². The number of phosphoric ester groups is 1. The van der Waals surface area contributed by atoms with Gasteiger partial charge in [-0.1, -0.05) is 5.16 Å². The zero-order valence-corrected chi connectivity index (χ0v) is 19.5. The van der Waals surface area contributed by atoms with Crippen LogP contribution in [0.25, 0.3) is 11.0 Å². The summed E-state index contributed by atoms with van der Waals surface area (Å²) in [6.45, 7) is -1.42. The summed E-state index contributed by atoms with van der Waals surface area (Å²) < 4.78 is 55.9. The molecule has 196 valence electrons. The van der Waals surface area contributed by atoms with E-state index in [2.05, 4.69) is 14.0 Å². The molecule has 1 aliphatic heterocycles. The highest BCUT2D eigenvalue weighted by molar-refractivity contribution is 7.60. The third-order valence-electron chi connectivity index (χ3n) is 5.13. The number of nitrogens with zero attached hydrogens (tertiary/aromatic N) is 3. The van der Waals surface area contributed by atoms with Gasteiger partial charge < -0.3 is 34.2 Å². The number of ether oxygens (including phenoxy) is 1. The number of aromatic nitrogens is 3. The maximum Gasteiger partial charge on any atom is 0.481 e. The Morgan fingerprint density at radius 1 is 1.11 bits per heavy atom. The Balaban J connectivity index is 1.57. The number of hydrogen-bond acceptors (Lipinski definition) is 11. The topological polar surface area (TPSA) is 233 Å². The van der Waals surface area contributed by atoms with Crippen molar-refractivity contribution in [2.24, 2.45) is 0 Å². The van der Waals surface area contributed by atoms with E-state index in [4.69, 9.17) is 19.0 Å². The molecule has 1 aliphatic rings. The monoisotopic (exact) mass is 553 g/mol. The second-order valence-corrected chi connectivity index (χ2v) is 10.4. The van der Waals surface area contributed by atoms with Crippen LogP contribution >= 0.6 is 15.6 Å². The van der Waals surface area contributed by atoms with Crippen molar-refractivity contribution in [3.05, 3.63) is 62.8 Å². The molecule has 0 aliphatic carbocycles. The summed E-state index contributed by atoms with van der Waals surface area (Å²) in [6.07, 6.45) is -5.79. The van der Waals surface area contributed by atoms with Crippen molar-refractivity contribution in [3.8, 4) is 0 Å². The van der Waals surface area contributed by atoms with Crippen LogP contribution in [0.1, 0.15) is 11.9 Å². The zero-order chi connectivity index (χ0) is 26.4. The second-order valence-electron chi connectivity index (χ2n) is 7.58. The van der Waals surface area contributed by atoms with Gasteiger partial charge in [-0.05, 0) is 18.2 Å². The maximum absolute atomic E-state index is 13.6. The van der Waals surface area contributed by atoms with E-state index >= 15 is 0 Å². The maximum atomic E-state index is 13.6. The van der Waals surface area contributed by atoms with Crippen molar-refractivity contribution in [3.63, 3.8) is 0 Å². The smallest absolute Gasteiger partial charge is 0.387 e. The molecule has 0 amide bonds. The van der Waals surface area contributed by atoms with Crippen LogP contribution in [0, 0.1) is 5.82 Å². The third kappa shape index (κ3) is 5.55. The number of phosphoric acid groups is 2. The van der Waals surface area contributed by atoms with Gasteiger partial charge in [0.25, 0.3) is 5.56 Å². The fourth-order valence-electron chi connectivity index (χ4n) is 3.52. The first kappa shape index (κ1) is 26.5. The van der Waals surface area contributed by atoms with Gasteiger partial charge in [0.1, 0.15) is 29.8 Å². The summed E-state index contributed by atoms with van der Waals surface area (Å²) in [7, 11) is -10.7. The van der Waals surface area contributed by atoms with Crippen molar-refractivity contribution in [1.29, 1.82) is 0 Å². The number of aliphatic hydroxyl groups is 2. The number of aliphatic hydroxyl groups excluding tert-OH is 2. The predicted molar refractivity (Wildman–Crippen MR) is 113 cm³/mol. The van der Waals surface area contributed by atoms with E-state index in [9.17, 15) is 38.2 Å². The van der Waals surface area contributed by atoms with Crippen LogP contribution in [0.2, 0.25) is 0 Å². The Bertz CT molecular complexity index is 1500. The average molecular weight is 553 g/mol. The van der Waals surface area contributed by atoms with E-state index < -0.39 is 70.4 Å². The number of fused-ring (bicyclic) bond motifs is 1. The first-order valence-corrected chi connectivity index (χ1v) is 12.9. The molecule has 16 nitrogen and oxygen atoms in total. The molecule has 0 saturated carbocycles. The first-order valence-electron chi connectivity index (χ1n) is 9.87. The Kier molecular flexibility index (Phi) is 7.15. The SMILES string of the molecule is O=c1ccn([C@@H]2O[C@H](COP(=O)(O)OP(=O)(O)O)[C@@H](O)[C@H]2O)c(=O)n1Cc1noc2ccc(F)cc12. The summed E-state index contributed by atoms with van der Waals surface area (Å²) in [5.74, 6) is -0.604. The molecule has 36 heavy (non-hydrogen) atoms. The number of hydrogen-bond donors (Lipinski definition) is 5. The molecule has 2 aromatic heterocycles. The largest absolute Gasteiger partial charge is 0.481 e. The van der Waals surface area contributed by atoms with Crippen LogP contribution in [0.5, 0.6) is 0 Å². The highest BCUT2D eigenvalue weighted by Gasteiger charge is 2.46. The number of benzene rings is 1. The predicted octanol–water partition coefficient (Wildman–Crippen LogP) is -0.816. The molecule has 1 fully saturated rings. The van der Waals surface area contributed by atoms with Gasteiger partial charge in [-0.15, -0.1) is 0 Å². The van der Waals surface area contributed by atoms with Gasteiger partial charge in [-0.2, -0.15) is 4.31 Å². The highest BCUT2D eigenvalue weighted by atomic mass is 31.3. The molecule has 3 aromatic rings. The molecule has 1 unspecified atom stereocenters. The minimum atomic E-state index is -5.40. The molecule has 1 aromatic carbocycles. The Morgan fingerprint density at radius 3 is 2.53 bits per heavy atom. The summed E-state index contributed by atoms with van der Waals surface area (Å²) >= 11 is 0. The van der Waals surface area contributed by atoms with Gasteiger partial charge in [0.2, 0.25) is 0 Å². The molecule has 0 bridgehead atoms. The van der Waals surface area contributed by atoms with Gasteiger partial charge >= 0.3 is 21.3 Å². The van der Waals surface area contributed by atoms with E-state index in [1.807, 2.05) is 0 Å². The molecule has 3 heterocycles. The molecule has 19 heteroatoms. The van der Waals surface area contributed by atoms with Crippen molar-refractivity contribution < 1.29 is 56.5 Å². The van der Waals surface area contributed by atoms with Gasteiger partial charge in [0.05, 0.1) is 13.2 Å². The average Bonchev–Trinajstić information content (AvgIpc) is 3.29. The van der Waals surface area contributed by atoms with Crippen molar-refractivity contribution in [2.45, 2.75) is 31.1 Å². The third-order valence-corrected chi connectivity index (χ3v) is 7.28. The molecule has 4 rings (SSSR count). The number of halogens is 1. The number of rotatable bonds is 8. The summed E-state index contributed by atoms with van der Waals surface area (Å²) in [5, 5.41) is 24.6. The van der Waals surface area contributed by atoms with E-state index in [-0.39, 0.29) is 16.7 Å². The standard InChI is InChI=1S/C17H18FN3O13P2/c18-8-1-2-11-9(5-8)10(19-33-11)6-21-13(22)3-4-20(17(21)25)16-15(24)14(23)12(32-16)7-31-36(29,30)34-35(26,27)28/h1-5,12,14-16,23-24H,6-7H2,(H,29,30)(H2,26,27,28)/t12-,14-,15-,16-/m1/s1. The van der Waals surface area contributed by atoms with Gasteiger partial charge in [0, 0.05) is 17.6 Å². The minimum Gasteiger partial charge on any atom is -0.387 e. The molecule has 5 atom stereocenters. The summed E-state index contributed by atoms with van der Waals surface area (Å²) in [5.41, 5.74) is -1.54. The molecule has 1 saturated heterocycles. The molecule has 0 spiro atoms. The van der Waals surface area contributed by atoms with E-state index in [1.165, 1.54) is 6.07 Å². The fraction of sp³-hybridized carbons (Fsp3) is 0.353. The van der Waals surface area contributed by atoms with Crippen LogP contribution < -0.4 is 11.2 Å². The fourth-order valence-corrected chi connectivity index (χ4v) is 5.12. The van der Waals surface area contributed by atoms with E-state index in [0.29, 0.717) is 4.57 Å². The lowest BCUT2D eigenvalue weighted by molar-refractivity contribution is -0.0547. The lowest BCUT2D eigenvalue weighted by Crippen LogP contribution is -2.43. The first-order chi connectivity index (χ1) is 16.8. The van der Waals surface area contributed by atoms with Crippen LogP contribution in [0.15, 0.2) is 44.6 Å². The van der Waals surface area contributed by atoms with E-state index in [0.717, 1.165) is 29.0 Å². The summed E-state index contributed by atoms with van der Waals surface area (Å²) in [4.78, 5) is 52.0. The zero-order valence-electron chi connectivity index (χ0n) is 17.7. The van der Waals surface area contributed by atoms with Crippen LogP contribution in [-0.2, 0) is 29.2 Å². The van der Waals surface area contributed by atoms with Gasteiger partial charge in [-0.3, -0.25) is 18.5 Å².